The van der Waals surface area contributed by atoms with E-state index >= 15 is 0 Å². The van der Waals surface area contributed by atoms with E-state index in [-0.39, 0.29) is 0 Å². The number of nitrogens with zero attached hydrogens (tertiary/aromatic N) is 1. The van der Waals surface area contributed by atoms with Crippen molar-refractivity contribution < 1.29 is 8.42 Å². The molecule has 0 radical (unpaired) electrons. The molecule has 0 unspecified atom stereocenters. The Labute approximate surface area is 135 Å². The molecule has 1 aromatic carbocycles. The summed E-state index contributed by atoms with van der Waals surface area (Å²) in [5.41, 5.74) is 1.06. The number of sulfonamides is 1. The quantitative estimate of drug-likeness (QED) is 0.819. The average Bonchev–Trinajstić information content (AvgIpc) is 2.43. The molecule has 0 aromatic heterocycles. The van der Waals surface area contributed by atoms with E-state index in [1.54, 1.807) is 12.1 Å². The fraction of sp³-hybridized carbons (Fsp3) is 0.647. The largest absolute Gasteiger partial charge is 0.303 e. The minimum absolute atomic E-state index is 0.346. The summed E-state index contributed by atoms with van der Waals surface area (Å²) >= 11 is 0. The summed E-state index contributed by atoms with van der Waals surface area (Å²) < 4.78 is 27.1. The van der Waals surface area contributed by atoms with Crippen molar-refractivity contribution in [1.29, 1.82) is 0 Å². The van der Waals surface area contributed by atoms with Crippen molar-refractivity contribution in [3.63, 3.8) is 0 Å². The van der Waals surface area contributed by atoms with Crippen LogP contribution >= 0.6 is 0 Å². The zero-order valence-electron chi connectivity index (χ0n) is 13.9. The molecule has 1 heterocycles. The van der Waals surface area contributed by atoms with Gasteiger partial charge in [-0.2, -0.15) is 0 Å². The molecule has 2 atom stereocenters. The highest BCUT2D eigenvalue weighted by atomic mass is 32.2. The summed E-state index contributed by atoms with van der Waals surface area (Å²) in [5, 5.41) is 0. The van der Waals surface area contributed by atoms with Crippen molar-refractivity contribution >= 4 is 10.0 Å². The summed E-state index contributed by atoms with van der Waals surface area (Å²) in [6.45, 7) is 10.3. The number of hydrogen-bond acceptors (Lipinski definition) is 3. The fourth-order valence-electron chi connectivity index (χ4n) is 3.28. The Morgan fingerprint density at radius 3 is 2.32 bits per heavy atom. The third-order valence-electron chi connectivity index (χ3n) is 4.22. The van der Waals surface area contributed by atoms with Crippen LogP contribution in [0.4, 0.5) is 0 Å². The van der Waals surface area contributed by atoms with E-state index < -0.39 is 10.0 Å². The van der Waals surface area contributed by atoms with E-state index in [0.717, 1.165) is 43.5 Å². The smallest absolute Gasteiger partial charge is 0.240 e. The molecule has 1 fully saturated rings. The maximum atomic E-state index is 12.2. The predicted molar refractivity (Wildman–Crippen MR) is 90.4 cm³/mol. The predicted octanol–water partition coefficient (Wildman–Crippen LogP) is 2.64. The molecule has 4 nitrogen and oxygen atoms in total. The SMILES string of the molecule is Cc1ccc(S(=O)(=O)NCCCN2C[C@@H](C)C[C@H](C)C2)cc1. The molecule has 0 aliphatic carbocycles. The van der Waals surface area contributed by atoms with E-state index in [0.29, 0.717) is 11.4 Å². The van der Waals surface area contributed by atoms with Gasteiger partial charge < -0.3 is 4.90 Å². The molecular weight excluding hydrogens is 296 g/mol. The molecule has 0 amide bonds. The lowest BCUT2D eigenvalue weighted by atomic mass is 9.92. The first-order chi connectivity index (χ1) is 10.4. The van der Waals surface area contributed by atoms with Crippen LogP contribution in [-0.2, 0) is 10.0 Å². The van der Waals surface area contributed by atoms with E-state index in [1.807, 2.05) is 19.1 Å². The van der Waals surface area contributed by atoms with Crippen LogP contribution in [0.5, 0.6) is 0 Å². The molecule has 22 heavy (non-hydrogen) atoms. The first-order valence-corrected chi connectivity index (χ1v) is 9.64. The van der Waals surface area contributed by atoms with E-state index in [4.69, 9.17) is 0 Å². The van der Waals surface area contributed by atoms with Gasteiger partial charge >= 0.3 is 0 Å². The molecular formula is C17H28N2O2S. The number of likely N-dealkylation sites (tertiary alicyclic amines) is 1. The number of benzene rings is 1. The molecule has 5 heteroatoms. The van der Waals surface area contributed by atoms with Crippen molar-refractivity contribution in [2.24, 2.45) is 11.8 Å². The van der Waals surface area contributed by atoms with Gasteiger partial charge in [0.15, 0.2) is 0 Å². The van der Waals surface area contributed by atoms with Crippen LogP contribution in [-0.4, -0.2) is 39.5 Å². The lowest BCUT2D eigenvalue weighted by Gasteiger charge is -2.34. The van der Waals surface area contributed by atoms with Gasteiger partial charge in [-0.1, -0.05) is 31.5 Å². The van der Waals surface area contributed by atoms with Crippen molar-refractivity contribution in [2.75, 3.05) is 26.2 Å². The Morgan fingerprint density at radius 1 is 1.14 bits per heavy atom. The maximum Gasteiger partial charge on any atom is 0.240 e. The summed E-state index contributed by atoms with van der Waals surface area (Å²) in [5.74, 6) is 1.49. The number of rotatable bonds is 6. The first-order valence-electron chi connectivity index (χ1n) is 8.15. The Balaban J connectivity index is 1.77. The summed E-state index contributed by atoms with van der Waals surface area (Å²) in [6.07, 6.45) is 2.15. The average molecular weight is 324 g/mol. The van der Waals surface area contributed by atoms with Crippen molar-refractivity contribution in [2.45, 2.75) is 38.5 Å². The topological polar surface area (TPSA) is 49.4 Å². The molecule has 0 saturated carbocycles. The van der Waals surface area contributed by atoms with Crippen LogP contribution in [0.3, 0.4) is 0 Å². The number of hydrogen-bond donors (Lipinski definition) is 1. The van der Waals surface area contributed by atoms with Crippen LogP contribution in [0.1, 0.15) is 32.3 Å². The van der Waals surface area contributed by atoms with Crippen LogP contribution in [0.2, 0.25) is 0 Å². The highest BCUT2D eigenvalue weighted by Gasteiger charge is 2.21. The van der Waals surface area contributed by atoms with Gasteiger partial charge in [0.2, 0.25) is 10.0 Å². The lowest BCUT2D eigenvalue weighted by molar-refractivity contribution is 0.140. The molecule has 1 aliphatic heterocycles. The fourth-order valence-corrected chi connectivity index (χ4v) is 4.36. The monoisotopic (exact) mass is 324 g/mol. The second-order valence-corrected chi connectivity index (χ2v) is 8.54. The van der Waals surface area contributed by atoms with Crippen molar-refractivity contribution in [1.82, 2.24) is 9.62 Å². The molecule has 1 saturated heterocycles. The van der Waals surface area contributed by atoms with Crippen molar-refractivity contribution in [3.8, 4) is 0 Å². The minimum Gasteiger partial charge on any atom is -0.303 e. The second kappa shape index (κ2) is 7.57. The Bertz CT molecular complexity index is 559. The lowest BCUT2D eigenvalue weighted by Crippen LogP contribution is -2.40. The van der Waals surface area contributed by atoms with Gasteiger partial charge in [0.1, 0.15) is 0 Å². The number of piperidine rings is 1. The normalized spacial score (nSPS) is 23.6. The van der Waals surface area contributed by atoms with Crippen LogP contribution in [0.15, 0.2) is 29.2 Å². The summed E-state index contributed by atoms with van der Waals surface area (Å²) in [7, 11) is -3.37. The Hall–Kier alpha value is -0.910. The van der Waals surface area contributed by atoms with Gasteiger partial charge in [-0.25, -0.2) is 13.1 Å². The third-order valence-corrected chi connectivity index (χ3v) is 5.70. The van der Waals surface area contributed by atoms with Gasteiger partial charge in [-0.15, -0.1) is 0 Å². The van der Waals surface area contributed by atoms with Gasteiger partial charge in [-0.05, 0) is 50.3 Å². The maximum absolute atomic E-state index is 12.2. The minimum atomic E-state index is -3.37. The Morgan fingerprint density at radius 2 is 1.73 bits per heavy atom. The van der Waals surface area contributed by atoms with Crippen LogP contribution in [0, 0.1) is 18.8 Å². The Kier molecular flexibility index (Phi) is 6.01. The molecule has 0 spiro atoms. The summed E-state index contributed by atoms with van der Waals surface area (Å²) in [4.78, 5) is 2.80. The van der Waals surface area contributed by atoms with E-state index in [1.165, 1.54) is 6.42 Å². The highest BCUT2D eigenvalue weighted by molar-refractivity contribution is 7.89. The van der Waals surface area contributed by atoms with E-state index in [2.05, 4.69) is 23.5 Å². The molecule has 1 aromatic rings. The van der Waals surface area contributed by atoms with E-state index in [9.17, 15) is 8.42 Å². The van der Waals surface area contributed by atoms with Crippen LogP contribution in [0.25, 0.3) is 0 Å². The number of aryl methyl sites for hydroxylation is 1. The zero-order valence-corrected chi connectivity index (χ0v) is 14.7. The van der Waals surface area contributed by atoms with Gasteiger partial charge in [0, 0.05) is 19.6 Å². The summed E-state index contributed by atoms with van der Waals surface area (Å²) in [6, 6.07) is 6.97. The van der Waals surface area contributed by atoms with Crippen molar-refractivity contribution in [3.05, 3.63) is 29.8 Å². The third kappa shape index (κ3) is 5.07. The van der Waals surface area contributed by atoms with Gasteiger partial charge in [-0.3, -0.25) is 0 Å². The van der Waals surface area contributed by atoms with Crippen LogP contribution < -0.4 is 4.72 Å². The molecule has 124 valence electrons. The first kappa shape index (κ1) is 17.4. The highest BCUT2D eigenvalue weighted by Crippen LogP contribution is 2.20. The molecule has 0 bridgehead atoms. The second-order valence-electron chi connectivity index (χ2n) is 6.77. The molecule has 2 rings (SSSR count). The zero-order chi connectivity index (χ0) is 16.2. The standard InChI is InChI=1S/C17H28N2O2S/c1-14-5-7-17(8-6-14)22(20,21)18-9-4-10-19-12-15(2)11-16(3)13-19/h5-8,15-16,18H,4,9-13H2,1-3H3/t15-,16-/m0/s1. The molecule has 1 aliphatic rings. The number of nitrogens with one attached hydrogen (secondary N) is 1. The van der Waals surface area contributed by atoms with Gasteiger partial charge in [0.05, 0.1) is 4.90 Å². The molecule has 1 N–H and O–H groups in total. The van der Waals surface area contributed by atoms with Gasteiger partial charge in [0.25, 0.3) is 0 Å².